The third-order valence-electron chi connectivity index (χ3n) is 4.41. The van der Waals surface area contributed by atoms with Gasteiger partial charge in [0.15, 0.2) is 0 Å². The molecule has 1 aliphatic rings. The second kappa shape index (κ2) is 7.48. The predicted octanol–water partition coefficient (Wildman–Crippen LogP) is 5.33. The molecule has 1 aliphatic carbocycles. The Kier molecular flexibility index (Phi) is 5.85. The van der Waals surface area contributed by atoms with Crippen LogP contribution in [-0.4, -0.2) is 12.6 Å². The zero-order valence-electron chi connectivity index (χ0n) is 14.3. The minimum atomic E-state index is -0.0791. The van der Waals surface area contributed by atoms with Crippen LogP contribution in [0.2, 0.25) is 0 Å². The number of carbonyl (C=O) groups excluding carboxylic acids is 1. The topological polar surface area (TPSA) is 26.3 Å². The molecule has 0 saturated heterocycles. The van der Waals surface area contributed by atoms with Crippen LogP contribution >= 0.6 is 15.9 Å². The summed E-state index contributed by atoms with van der Waals surface area (Å²) in [4.78, 5) is 12.2. The van der Waals surface area contributed by atoms with E-state index in [0.717, 1.165) is 10.9 Å². The quantitative estimate of drug-likeness (QED) is 0.495. The van der Waals surface area contributed by atoms with E-state index in [1.807, 2.05) is 24.3 Å². The van der Waals surface area contributed by atoms with Crippen molar-refractivity contribution in [2.75, 3.05) is 6.61 Å². The monoisotopic (exact) mass is 376 g/mol. The van der Waals surface area contributed by atoms with Crippen LogP contribution < -0.4 is 0 Å². The van der Waals surface area contributed by atoms with E-state index in [4.69, 9.17) is 4.74 Å². The van der Waals surface area contributed by atoms with Gasteiger partial charge in [-0.1, -0.05) is 65.7 Å². The SMILES string of the molecule is CC(C)=CC1C(C(=O)OC/C=C/Cc2cccc(Br)c2)C1(C)C. The van der Waals surface area contributed by atoms with Crippen LogP contribution in [0, 0.1) is 17.3 Å². The molecule has 2 unspecified atom stereocenters. The molecule has 1 aromatic carbocycles. The molecule has 2 atom stereocenters. The van der Waals surface area contributed by atoms with Gasteiger partial charge in [-0.2, -0.15) is 0 Å². The van der Waals surface area contributed by atoms with Gasteiger partial charge in [-0.05, 0) is 49.3 Å². The number of hydrogen-bond acceptors (Lipinski definition) is 2. The smallest absolute Gasteiger partial charge is 0.310 e. The maximum Gasteiger partial charge on any atom is 0.310 e. The molecule has 0 heterocycles. The molecule has 3 heteroatoms. The van der Waals surface area contributed by atoms with Gasteiger partial charge in [-0.15, -0.1) is 0 Å². The molecule has 2 nitrogen and oxygen atoms in total. The van der Waals surface area contributed by atoms with Crippen molar-refractivity contribution in [1.82, 2.24) is 0 Å². The van der Waals surface area contributed by atoms with Crippen molar-refractivity contribution in [3.63, 3.8) is 0 Å². The molecule has 0 amide bonds. The zero-order chi connectivity index (χ0) is 17.0. The fraction of sp³-hybridized carbons (Fsp3) is 0.450. The van der Waals surface area contributed by atoms with Gasteiger partial charge in [0.2, 0.25) is 0 Å². The Morgan fingerprint density at radius 1 is 1.30 bits per heavy atom. The highest BCUT2D eigenvalue weighted by molar-refractivity contribution is 9.10. The molecule has 1 fully saturated rings. The van der Waals surface area contributed by atoms with Crippen molar-refractivity contribution in [2.45, 2.75) is 34.1 Å². The Bertz CT molecular complexity index is 624. The Morgan fingerprint density at radius 3 is 2.70 bits per heavy atom. The van der Waals surface area contributed by atoms with E-state index in [0.29, 0.717) is 12.5 Å². The Morgan fingerprint density at radius 2 is 2.04 bits per heavy atom. The summed E-state index contributed by atoms with van der Waals surface area (Å²) in [6.07, 6.45) is 6.99. The highest BCUT2D eigenvalue weighted by atomic mass is 79.9. The van der Waals surface area contributed by atoms with Gasteiger partial charge < -0.3 is 4.74 Å². The predicted molar refractivity (Wildman–Crippen MR) is 98.1 cm³/mol. The Hall–Kier alpha value is -1.35. The number of ether oxygens (including phenoxy) is 1. The summed E-state index contributed by atoms with van der Waals surface area (Å²) in [6, 6.07) is 8.20. The summed E-state index contributed by atoms with van der Waals surface area (Å²) >= 11 is 3.46. The lowest BCUT2D eigenvalue weighted by molar-refractivity contribution is -0.144. The van der Waals surface area contributed by atoms with Crippen LogP contribution in [0.3, 0.4) is 0 Å². The molecule has 0 radical (unpaired) electrons. The molecule has 0 N–H and O–H groups in total. The lowest BCUT2D eigenvalue weighted by Gasteiger charge is -2.03. The minimum absolute atomic E-state index is 0.00382. The van der Waals surface area contributed by atoms with Gasteiger partial charge in [0, 0.05) is 4.47 Å². The van der Waals surface area contributed by atoms with E-state index < -0.39 is 0 Å². The first-order chi connectivity index (χ1) is 10.8. The zero-order valence-corrected chi connectivity index (χ0v) is 15.9. The van der Waals surface area contributed by atoms with E-state index in [9.17, 15) is 4.79 Å². The van der Waals surface area contributed by atoms with Crippen LogP contribution in [0.5, 0.6) is 0 Å². The summed E-state index contributed by atoms with van der Waals surface area (Å²) in [5.41, 5.74) is 2.51. The molecule has 1 saturated carbocycles. The molecule has 0 aliphatic heterocycles. The van der Waals surface area contributed by atoms with E-state index in [1.54, 1.807) is 0 Å². The Labute approximate surface area is 147 Å². The maximum absolute atomic E-state index is 12.2. The molecule has 0 bridgehead atoms. The summed E-state index contributed by atoms with van der Waals surface area (Å²) in [5, 5.41) is 0. The first-order valence-corrected chi connectivity index (χ1v) is 8.83. The lowest BCUT2D eigenvalue weighted by Crippen LogP contribution is -2.10. The average molecular weight is 377 g/mol. The van der Waals surface area contributed by atoms with Crippen molar-refractivity contribution < 1.29 is 9.53 Å². The van der Waals surface area contributed by atoms with E-state index >= 15 is 0 Å². The molecule has 23 heavy (non-hydrogen) atoms. The van der Waals surface area contributed by atoms with Gasteiger partial charge in [-0.3, -0.25) is 4.79 Å². The van der Waals surface area contributed by atoms with Gasteiger partial charge in [0.1, 0.15) is 6.61 Å². The maximum atomic E-state index is 12.2. The largest absolute Gasteiger partial charge is 0.461 e. The van der Waals surface area contributed by atoms with Crippen molar-refractivity contribution in [2.24, 2.45) is 17.3 Å². The van der Waals surface area contributed by atoms with E-state index in [2.05, 4.69) is 61.8 Å². The van der Waals surface area contributed by atoms with Crippen LogP contribution in [0.4, 0.5) is 0 Å². The number of hydrogen-bond donors (Lipinski definition) is 0. The highest BCUT2D eigenvalue weighted by Gasteiger charge is 2.61. The van der Waals surface area contributed by atoms with Gasteiger partial charge in [-0.25, -0.2) is 0 Å². The Balaban J connectivity index is 1.77. The summed E-state index contributed by atoms with van der Waals surface area (Å²) in [5.74, 6) is 0.228. The molecule has 0 aromatic heterocycles. The number of allylic oxidation sites excluding steroid dienone is 3. The third kappa shape index (κ3) is 4.81. The first kappa shape index (κ1) is 18.0. The van der Waals surface area contributed by atoms with Crippen LogP contribution in [-0.2, 0) is 16.0 Å². The van der Waals surface area contributed by atoms with Gasteiger partial charge in [0.05, 0.1) is 5.92 Å². The fourth-order valence-electron chi connectivity index (χ4n) is 2.97. The fourth-order valence-corrected chi connectivity index (χ4v) is 3.42. The molecular weight excluding hydrogens is 352 g/mol. The number of esters is 1. The van der Waals surface area contributed by atoms with Gasteiger partial charge >= 0.3 is 5.97 Å². The number of carbonyl (C=O) groups is 1. The van der Waals surface area contributed by atoms with Crippen molar-refractivity contribution in [3.05, 3.63) is 58.1 Å². The molecule has 2 rings (SSSR count). The highest BCUT2D eigenvalue weighted by Crippen LogP contribution is 2.59. The summed E-state index contributed by atoms with van der Waals surface area (Å²) in [6.45, 7) is 8.75. The van der Waals surface area contributed by atoms with Gasteiger partial charge in [0.25, 0.3) is 0 Å². The second-order valence-electron chi connectivity index (χ2n) is 7.00. The van der Waals surface area contributed by atoms with Crippen LogP contribution in [0.1, 0.15) is 33.3 Å². The lowest BCUT2D eigenvalue weighted by atomic mass is 10.1. The standard InChI is InChI=1S/C20H25BrO2/c1-14(2)12-17-18(20(17,3)4)19(22)23-11-6-5-8-15-9-7-10-16(21)13-15/h5-7,9-10,12-13,17-18H,8,11H2,1-4H3/b6-5+. The third-order valence-corrected chi connectivity index (χ3v) is 4.90. The number of benzene rings is 1. The summed E-state index contributed by atoms with van der Waals surface area (Å²) < 4.78 is 6.49. The molecule has 1 aromatic rings. The first-order valence-electron chi connectivity index (χ1n) is 8.03. The van der Waals surface area contributed by atoms with Crippen LogP contribution in [0.25, 0.3) is 0 Å². The van der Waals surface area contributed by atoms with Crippen molar-refractivity contribution in [3.8, 4) is 0 Å². The second-order valence-corrected chi connectivity index (χ2v) is 7.92. The minimum Gasteiger partial charge on any atom is -0.461 e. The normalized spacial score (nSPS) is 22.0. The molecular formula is C20H25BrO2. The average Bonchev–Trinajstić information content (AvgIpc) is 2.98. The summed E-state index contributed by atoms with van der Waals surface area (Å²) in [7, 11) is 0. The number of halogens is 1. The number of rotatable bonds is 6. The van der Waals surface area contributed by atoms with E-state index in [-0.39, 0.29) is 17.3 Å². The van der Waals surface area contributed by atoms with Crippen molar-refractivity contribution >= 4 is 21.9 Å². The van der Waals surface area contributed by atoms with E-state index in [1.165, 1.54) is 11.1 Å². The van der Waals surface area contributed by atoms with Crippen LogP contribution in [0.15, 0.2) is 52.5 Å². The van der Waals surface area contributed by atoms with Crippen molar-refractivity contribution in [1.29, 1.82) is 0 Å². The molecule has 0 spiro atoms. The molecule has 124 valence electrons.